The molecule has 1 unspecified atom stereocenters. The number of likely N-dealkylation sites (tertiary alicyclic amines) is 1. The maximum absolute atomic E-state index is 12.8. The highest BCUT2D eigenvalue weighted by atomic mass is 16.5. The van der Waals surface area contributed by atoms with Gasteiger partial charge < -0.3 is 19.6 Å². The number of nitrogens with zero attached hydrogens (tertiary/aromatic N) is 2. The van der Waals surface area contributed by atoms with Gasteiger partial charge in [0.2, 0.25) is 11.8 Å². The van der Waals surface area contributed by atoms with Crippen molar-refractivity contribution >= 4 is 11.8 Å². The number of hydrogen-bond donors (Lipinski definition) is 1. The van der Waals surface area contributed by atoms with Gasteiger partial charge in [-0.3, -0.25) is 9.59 Å². The Bertz CT molecular complexity index is 576. The molecule has 0 spiro atoms. The smallest absolute Gasteiger partial charge is 0.228 e. The number of amides is 2. The Labute approximate surface area is 143 Å². The third-order valence-electron chi connectivity index (χ3n) is 4.43. The summed E-state index contributed by atoms with van der Waals surface area (Å²) >= 11 is 0. The number of aryl methyl sites for hydroxylation is 1. The Morgan fingerprint density at radius 2 is 2.17 bits per heavy atom. The van der Waals surface area contributed by atoms with Gasteiger partial charge in [0.25, 0.3) is 0 Å². The molecule has 1 aromatic rings. The Hall–Kier alpha value is -1.92. The van der Waals surface area contributed by atoms with Gasteiger partial charge in [-0.15, -0.1) is 0 Å². The normalized spacial score (nSPS) is 17.4. The van der Waals surface area contributed by atoms with Crippen molar-refractivity contribution in [1.82, 2.24) is 9.80 Å². The van der Waals surface area contributed by atoms with Crippen LogP contribution in [0.2, 0.25) is 0 Å². The summed E-state index contributed by atoms with van der Waals surface area (Å²) in [6, 6.07) is 7.88. The lowest BCUT2D eigenvalue weighted by Gasteiger charge is -2.25. The minimum Gasteiger partial charge on any atom is -0.395 e. The van der Waals surface area contributed by atoms with E-state index in [1.165, 1.54) is 0 Å². The third kappa shape index (κ3) is 4.55. The monoisotopic (exact) mass is 334 g/mol. The van der Waals surface area contributed by atoms with Gasteiger partial charge in [-0.05, 0) is 18.1 Å². The van der Waals surface area contributed by atoms with Crippen molar-refractivity contribution in [3.63, 3.8) is 0 Å². The first-order valence-electron chi connectivity index (χ1n) is 8.27. The minimum atomic E-state index is -0.343. The molecule has 0 radical (unpaired) electrons. The van der Waals surface area contributed by atoms with Crippen LogP contribution in [0, 0.1) is 12.8 Å². The van der Waals surface area contributed by atoms with Crippen LogP contribution in [-0.2, 0) is 20.9 Å². The summed E-state index contributed by atoms with van der Waals surface area (Å²) in [6.07, 6.45) is 0.234. The van der Waals surface area contributed by atoms with E-state index in [9.17, 15) is 14.7 Å². The highest BCUT2D eigenvalue weighted by Crippen LogP contribution is 2.21. The summed E-state index contributed by atoms with van der Waals surface area (Å²) in [5, 5.41) is 9.31. The third-order valence-corrected chi connectivity index (χ3v) is 4.43. The molecule has 1 fully saturated rings. The van der Waals surface area contributed by atoms with E-state index in [4.69, 9.17) is 4.74 Å². The average molecular weight is 334 g/mol. The van der Waals surface area contributed by atoms with E-state index >= 15 is 0 Å². The molecule has 24 heavy (non-hydrogen) atoms. The molecule has 1 atom stereocenters. The summed E-state index contributed by atoms with van der Waals surface area (Å²) in [5.74, 6) is -0.421. The lowest BCUT2D eigenvalue weighted by Crippen LogP contribution is -2.39. The second kappa shape index (κ2) is 8.80. The summed E-state index contributed by atoms with van der Waals surface area (Å²) < 4.78 is 5.00. The van der Waals surface area contributed by atoms with Crippen molar-refractivity contribution < 1.29 is 19.4 Å². The Morgan fingerprint density at radius 1 is 1.42 bits per heavy atom. The van der Waals surface area contributed by atoms with E-state index in [1.807, 2.05) is 31.2 Å². The van der Waals surface area contributed by atoms with Crippen molar-refractivity contribution in [2.45, 2.75) is 19.9 Å². The zero-order valence-electron chi connectivity index (χ0n) is 14.4. The molecule has 0 aliphatic carbocycles. The van der Waals surface area contributed by atoms with E-state index < -0.39 is 0 Å². The fourth-order valence-electron chi connectivity index (χ4n) is 2.99. The second-order valence-electron chi connectivity index (χ2n) is 6.14. The molecule has 0 aromatic heterocycles. The second-order valence-corrected chi connectivity index (χ2v) is 6.14. The first-order valence-corrected chi connectivity index (χ1v) is 8.27. The number of benzene rings is 1. The predicted octanol–water partition coefficient (Wildman–Crippen LogP) is 0.811. The van der Waals surface area contributed by atoms with Gasteiger partial charge >= 0.3 is 0 Å². The Kier molecular flexibility index (Phi) is 6.75. The molecule has 0 saturated carbocycles. The summed E-state index contributed by atoms with van der Waals surface area (Å²) in [5.41, 5.74) is 2.16. The van der Waals surface area contributed by atoms with E-state index in [1.54, 1.807) is 16.9 Å². The predicted molar refractivity (Wildman–Crippen MR) is 90.2 cm³/mol. The molecule has 1 saturated heterocycles. The molecule has 1 aliphatic heterocycles. The largest absolute Gasteiger partial charge is 0.395 e. The van der Waals surface area contributed by atoms with Crippen LogP contribution >= 0.6 is 0 Å². The van der Waals surface area contributed by atoms with Crippen LogP contribution in [0.1, 0.15) is 17.5 Å². The highest BCUT2D eigenvalue weighted by Gasteiger charge is 2.36. The van der Waals surface area contributed by atoms with Gasteiger partial charge in [-0.25, -0.2) is 0 Å². The molecule has 1 aliphatic rings. The molecule has 1 N–H and O–H groups in total. The fraction of sp³-hybridized carbons (Fsp3) is 0.556. The quantitative estimate of drug-likeness (QED) is 0.764. The zero-order chi connectivity index (χ0) is 17.5. The van der Waals surface area contributed by atoms with Gasteiger partial charge in [0.1, 0.15) is 0 Å². The molecule has 1 aromatic carbocycles. The number of methoxy groups -OCH3 is 1. The lowest BCUT2D eigenvalue weighted by molar-refractivity contribution is -0.137. The zero-order valence-corrected chi connectivity index (χ0v) is 14.4. The van der Waals surface area contributed by atoms with Crippen LogP contribution in [0.3, 0.4) is 0 Å². The van der Waals surface area contributed by atoms with E-state index in [0.717, 1.165) is 11.1 Å². The topological polar surface area (TPSA) is 70.1 Å². The standard InChI is InChI=1S/C18H26N2O4/c1-14-5-3-4-6-15(14)12-20(7-9-21)18(23)16-11-17(22)19(13-16)8-10-24-2/h3-6,16,21H,7-13H2,1-2H3. The number of rotatable bonds is 8. The highest BCUT2D eigenvalue weighted by molar-refractivity contribution is 5.89. The van der Waals surface area contributed by atoms with Crippen LogP contribution in [0.4, 0.5) is 0 Å². The Balaban J connectivity index is 2.04. The summed E-state index contributed by atoms with van der Waals surface area (Å²) in [6.45, 7) is 4.04. The van der Waals surface area contributed by atoms with Crippen molar-refractivity contribution in [2.24, 2.45) is 5.92 Å². The van der Waals surface area contributed by atoms with Crippen molar-refractivity contribution in [1.29, 1.82) is 0 Å². The average Bonchev–Trinajstić information content (AvgIpc) is 2.94. The number of carbonyl (C=O) groups excluding carboxylic acids is 2. The minimum absolute atomic E-state index is 0.00904. The van der Waals surface area contributed by atoms with Crippen LogP contribution < -0.4 is 0 Å². The van der Waals surface area contributed by atoms with Gasteiger partial charge in [-0.1, -0.05) is 24.3 Å². The molecular formula is C18H26N2O4. The lowest BCUT2D eigenvalue weighted by atomic mass is 10.0. The first-order chi connectivity index (χ1) is 11.6. The van der Waals surface area contributed by atoms with Crippen molar-refractivity contribution in [3.8, 4) is 0 Å². The maximum Gasteiger partial charge on any atom is 0.228 e. The van der Waals surface area contributed by atoms with Gasteiger partial charge in [0.05, 0.1) is 19.1 Å². The van der Waals surface area contributed by atoms with Crippen molar-refractivity contribution in [2.75, 3.05) is 40.0 Å². The SMILES string of the molecule is COCCN1CC(C(=O)N(CCO)Cc2ccccc2C)CC1=O. The van der Waals surface area contributed by atoms with E-state index in [0.29, 0.717) is 26.2 Å². The molecule has 2 rings (SSSR count). The van der Waals surface area contributed by atoms with Gasteiger partial charge in [-0.2, -0.15) is 0 Å². The van der Waals surface area contributed by atoms with E-state index in [-0.39, 0.29) is 37.3 Å². The van der Waals surface area contributed by atoms with Crippen LogP contribution in [0.5, 0.6) is 0 Å². The van der Waals surface area contributed by atoms with E-state index in [2.05, 4.69) is 0 Å². The molecule has 0 bridgehead atoms. The molecule has 1 heterocycles. The number of aliphatic hydroxyl groups is 1. The molecular weight excluding hydrogens is 308 g/mol. The molecule has 6 heteroatoms. The van der Waals surface area contributed by atoms with Gasteiger partial charge in [0, 0.05) is 39.7 Å². The molecule has 132 valence electrons. The molecule has 2 amide bonds. The summed E-state index contributed by atoms with van der Waals surface area (Å²) in [7, 11) is 1.59. The van der Waals surface area contributed by atoms with Crippen molar-refractivity contribution in [3.05, 3.63) is 35.4 Å². The number of hydrogen-bond acceptors (Lipinski definition) is 4. The number of ether oxygens (including phenoxy) is 1. The molecule has 6 nitrogen and oxygen atoms in total. The van der Waals surface area contributed by atoms with Gasteiger partial charge in [0.15, 0.2) is 0 Å². The van der Waals surface area contributed by atoms with Crippen LogP contribution in [0.25, 0.3) is 0 Å². The van der Waals surface area contributed by atoms with Crippen LogP contribution in [-0.4, -0.2) is 66.7 Å². The maximum atomic E-state index is 12.8. The summed E-state index contributed by atoms with van der Waals surface area (Å²) in [4.78, 5) is 28.2. The van der Waals surface area contributed by atoms with Crippen LogP contribution in [0.15, 0.2) is 24.3 Å². The number of carbonyl (C=O) groups is 2. The number of aliphatic hydroxyl groups excluding tert-OH is 1. The first kappa shape index (κ1) is 18.4. The Morgan fingerprint density at radius 3 is 2.83 bits per heavy atom. The fourth-order valence-corrected chi connectivity index (χ4v) is 2.99.